The zero-order valence-corrected chi connectivity index (χ0v) is 10.6. The molecule has 0 bridgehead atoms. The number of benzene rings is 1. The Bertz CT molecular complexity index is 362. The van der Waals surface area contributed by atoms with Crippen molar-refractivity contribution in [1.82, 2.24) is 0 Å². The second-order valence-corrected chi connectivity index (χ2v) is 5.30. The second kappa shape index (κ2) is 5.20. The highest BCUT2D eigenvalue weighted by Gasteiger charge is 2.25. The van der Waals surface area contributed by atoms with Crippen molar-refractivity contribution in [3.8, 4) is 0 Å². The Kier molecular flexibility index (Phi) is 3.88. The lowest BCUT2D eigenvalue weighted by molar-refractivity contribution is 0.314. The summed E-state index contributed by atoms with van der Waals surface area (Å²) in [5.41, 5.74) is 8.48. The third-order valence-corrected chi connectivity index (χ3v) is 4.25. The summed E-state index contributed by atoms with van der Waals surface area (Å²) >= 11 is 6.07. The van der Waals surface area contributed by atoms with Crippen molar-refractivity contribution in [3.05, 3.63) is 34.3 Å². The molecule has 0 spiro atoms. The topological polar surface area (TPSA) is 26.0 Å². The number of nitrogens with two attached hydrogens (primary N) is 1. The first-order chi connectivity index (χ1) is 7.72. The minimum Gasteiger partial charge on any atom is -0.330 e. The van der Waals surface area contributed by atoms with Gasteiger partial charge in [-0.05, 0) is 55.3 Å². The van der Waals surface area contributed by atoms with E-state index in [4.69, 9.17) is 17.3 Å². The fraction of sp³-hybridized carbons (Fsp3) is 0.571. The summed E-state index contributed by atoms with van der Waals surface area (Å²) in [7, 11) is 0. The lowest BCUT2D eigenvalue weighted by Crippen LogP contribution is -2.25. The molecule has 1 saturated carbocycles. The molecule has 16 heavy (non-hydrogen) atoms. The van der Waals surface area contributed by atoms with Gasteiger partial charge in [0.2, 0.25) is 0 Å². The van der Waals surface area contributed by atoms with Crippen LogP contribution in [0.2, 0.25) is 5.02 Å². The molecule has 0 saturated heterocycles. The fourth-order valence-corrected chi connectivity index (χ4v) is 2.94. The van der Waals surface area contributed by atoms with Crippen LogP contribution < -0.4 is 5.73 Å². The Morgan fingerprint density at radius 3 is 2.75 bits per heavy atom. The molecule has 2 heteroatoms. The van der Waals surface area contributed by atoms with Crippen molar-refractivity contribution in [3.63, 3.8) is 0 Å². The average molecular weight is 238 g/mol. The Morgan fingerprint density at radius 2 is 2.06 bits per heavy atom. The third-order valence-electron chi connectivity index (χ3n) is 3.82. The molecule has 0 aromatic heterocycles. The summed E-state index contributed by atoms with van der Waals surface area (Å²) in [6.07, 6.45) is 5.24. The molecule has 1 aliphatic rings. The molecule has 1 aromatic carbocycles. The Labute approximate surface area is 103 Å². The van der Waals surface area contributed by atoms with Crippen molar-refractivity contribution in [2.24, 2.45) is 11.7 Å². The monoisotopic (exact) mass is 237 g/mol. The van der Waals surface area contributed by atoms with E-state index in [1.54, 1.807) is 0 Å². The zero-order chi connectivity index (χ0) is 11.5. The molecule has 1 aromatic rings. The van der Waals surface area contributed by atoms with Gasteiger partial charge in [0, 0.05) is 5.02 Å². The fourth-order valence-electron chi connectivity index (χ4n) is 2.83. The van der Waals surface area contributed by atoms with Crippen molar-refractivity contribution >= 4 is 11.6 Å². The minimum absolute atomic E-state index is 0.648. The van der Waals surface area contributed by atoms with E-state index in [9.17, 15) is 0 Å². The molecule has 0 amide bonds. The zero-order valence-electron chi connectivity index (χ0n) is 9.88. The molecular formula is C14H20ClN. The van der Waals surface area contributed by atoms with Gasteiger partial charge in [-0.2, -0.15) is 0 Å². The molecule has 2 unspecified atom stereocenters. The summed E-state index contributed by atoms with van der Waals surface area (Å²) in [5.74, 6) is 1.31. The SMILES string of the molecule is Cc1cc(C2CCCCC2CN)ccc1Cl. The van der Waals surface area contributed by atoms with Gasteiger partial charge in [0.25, 0.3) is 0 Å². The molecule has 88 valence electrons. The number of aryl methyl sites for hydroxylation is 1. The highest BCUT2D eigenvalue weighted by Crippen LogP contribution is 2.38. The number of halogens is 1. The maximum absolute atomic E-state index is 6.07. The average Bonchev–Trinajstić information content (AvgIpc) is 2.32. The van der Waals surface area contributed by atoms with Gasteiger partial charge in [0.05, 0.1) is 0 Å². The van der Waals surface area contributed by atoms with Crippen molar-refractivity contribution in [2.45, 2.75) is 38.5 Å². The van der Waals surface area contributed by atoms with Crippen LogP contribution in [-0.4, -0.2) is 6.54 Å². The summed E-state index contributed by atoms with van der Waals surface area (Å²) in [6.45, 7) is 2.89. The van der Waals surface area contributed by atoms with Gasteiger partial charge in [0.1, 0.15) is 0 Å². The molecule has 2 rings (SSSR count). The van der Waals surface area contributed by atoms with E-state index >= 15 is 0 Å². The second-order valence-electron chi connectivity index (χ2n) is 4.90. The van der Waals surface area contributed by atoms with E-state index in [0.717, 1.165) is 11.6 Å². The van der Waals surface area contributed by atoms with Crippen molar-refractivity contribution in [2.75, 3.05) is 6.54 Å². The van der Waals surface area contributed by atoms with Gasteiger partial charge in [-0.1, -0.05) is 36.6 Å². The van der Waals surface area contributed by atoms with Crippen LogP contribution in [0.3, 0.4) is 0 Å². The first-order valence-electron chi connectivity index (χ1n) is 6.18. The first-order valence-corrected chi connectivity index (χ1v) is 6.56. The van der Waals surface area contributed by atoms with Gasteiger partial charge < -0.3 is 5.73 Å². The lowest BCUT2D eigenvalue weighted by atomic mass is 9.75. The van der Waals surface area contributed by atoms with Crippen molar-refractivity contribution < 1.29 is 0 Å². The largest absolute Gasteiger partial charge is 0.330 e. The third kappa shape index (κ3) is 2.41. The minimum atomic E-state index is 0.648. The molecule has 1 fully saturated rings. The van der Waals surface area contributed by atoms with Crippen LogP contribution in [0, 0.1) is 12.8 Å². The highest BCUT2D eigenvalue weighted by atomic mass is 35.5. The number of rotatable bonds is 2. The molecule has 0 radical (unpaired) electrons. The van der Waals surface area contributed by atoms with E-state index in [0.29, 0.717) is 11.8 Å². The maximum atomic E-state index is 6.07. The smallest absolute Gasteiger partial charge is 0.0435 e. The molecule has 1 aliphatic carbocycles. The van der Waals surface area contributed by atoms with Gasteiger partial charge in [0.15, 0.2) is 0 Å². The maximum Gasteiger partial charge on any atom is 0.0435 e. The van der Waals surface area contributed by atoms with Gasteiger partial charge in [-0.25, -0.2) is 0 Å². The summed E-state index contributed by atoms with van der Waals surface area (Å²) < 4.78 is 0. The molecule has 2 N–H and O–H groups in total. The Balaban J connectivity index is 2.23. The number of hydrogen-bond acceptors (Lipinski definition) is 1. The van der Waals surface area contributed by atoms with E-state index in [-0.39, 0.29) is 0 Å². The predicted molar refractivity (Wildman–Crippen MR) is 69.9 cm³/mol. The summed E-state index contributed by atoms with van der Waals surface area (Å²) in [6, 6.07) is 6.43. The Morgan fingerprint density at radius 1 is 1.31 bits per heavy atom. The van der Waals surface area contributed by atoms with Crippen LogP contribution in [0.1, 0.15) is 42.7 Å². The van der Waals surface area contributed by atoms with Gasteiger partial charge in [-0.15, -0.1) is 0 Å². The van der Waals surface area contributed by atoms with Crippen LogP contribution in [-0.2, 0) is 0 Å². The van der Waals surface area contributed by atoms with Crippen LogP contribution in [0.15, 0.2) is 18.2 Å². The molecular weight excluding hydrogens is 218 g/mol. The van der Waals surface area contributed by atoms with E-state index < -0.39 is 0 Å². The molecule has 1 nitrogen and oxygen atoms in total. The van der Waals surface area contributed by atoms with Crippen LogP contribution in [0.25, 0.3) is 0 Å². The molecule has 0 aliphatic heterocycles. The summed E-state index contributed by atoms with van der Waals surface area (Å²) in [5, 5.41) is 0.865. The number of hydrogen-bond donors (Lipinski definition) is 1. The van der Waals surface area contributed by atoms with E-state index in [1.165, 1.54) is 36.8 Å². The van der Waals surface area contributed by atoms with Gasteiger partial charge >= 0.3 is 0 Å². The standard InChI is InChI=1S/C14H20ClN/c1-10-8-11(6-7-14(10)15)13-5-3-2-4-12(13)9-16/h6-8,12-13H,2-5,9,16H2,1H3. The van der Waals surface area contributed by atoms with E-state index in [1.807, 2.05) is 6.07 Å². The summed E-state index contributed by atoms with van der Waals surface area (Å²) in [4.78, 5) is 0. The molecule has 2 atom stereocenters. The predicted octanol–water partition coefficient (Wildman–Crippen LogP) is 3.88. The molecule has 0 heterocycles. The lowest BCUT2D eigenvalue weighted by Gasteiger charge is -2.31. The first kappa shape index (κ1) is 11.9. The quantitative estimate of drug-likeness (QED) is 0.830. The van der Waals surface area contributed by atoms with Crippen molar-refractivity contribution in [1.29, 1.82) is 0 Å². The Hall–Kier alpha value is -0.530. The highest BCUT2D eigenvalue weighted by molar-refractivity contribution is 6.31. The van der Waals surface area contributed by atoms with Crippen LogP contribution >= 0.6 is 11.6 Å². The van der Waals surface area contributed by atoms with Crippen LogP contribution in [0.5, 0.6) is 0 Å². The van der Waals surface area contributed by atoms with Crippen LogP contribution in [0.4, 0.5) is 0 Å². The van der Waals surface area contributed by atoms with E-state index in [2.05, 4.69) is 19.1 Å². The normalized spacial score (nSPS) is 25.7. The van der Waals surface area contributed by atoms with Gasteiger partial charge in [-0.3, -0.25) is 0 Å².